The van der Waals surface area contributed by atoms with Gasteiger partial charge >= 0.3 is 0 Å². The van der Waals surface area contributed by atoms with Crippen LogP contribution < -0.4 is 0 Å². The van der Waals surface area contributed by atoms with Gasteiger partial charge in [-0.3, -0.25) is 0 Å². The van der Waals surface area contributed by atoms with E-state index in [0.717, 1.165) is 29.2 Å². The Morgan fingerprint density at radius 3 is 1.59 bits per heavy atom. The molecule has 5 heteroatoms. The first kappa shape index (κ1) is 22.1. The van der Waals surface area contributed by atoms with E-state index in [1.54, 1.807) is 0 Å². The van der Waals surface area contributed by atoms with E-state index < -0.39 is 20.2 Å². The second kappa shape index (κ2) is 11.5. The Morgan fingerprint density at radius 2 is 1.17 bits per heavy atom. The van der Waals surface area contributed by atoms with Gasteiger partial charge in [-0.25, -0.2) is 0 Å². The van der Waals surface area contributed by atoms with Crippen LogP contribution >= 0.6 is 23.2 Å². The third-order valence-corrected chi connectivity index (χ3v) is 6.35. The number of benzene rings is 3. The Labute approximate surface area is 185 Å². The summed E-state index contributed by atoms with van der Waals surface area (Å²) in [7, 11) is -0.633. The van der Waals surface area contributed by atoms with Crippen molar-refractivity contribution in [3.8, 4) is 0 Å². The van der Waals surface area contributed by atoms with Crippen LogP contribution in [0.5, 0.6) is 0 Å². The van der Waals surface area contributed by atoms with E-state index in [-0.39, 0.29) is 0 Å². The quantitative estimate of drug-likeness (QED) is 0.163. The minimum atomic E-state index is -0.649. The van der Waals surface area contributed by atoms with Gasteiger partial charge in [0.1, 0.15) is 10.4 Å². The van der Waals surface area contributed by atoms with Crippen molar-refractivity contribution in [2.24, 2.45) is 0 Å². The lowest BCUT2D eigenvalue weighted by atomic mass is 9.80. The Balaban J connectivity index is 1.85. The molecule has 0 radical (unpaired) electrons. The Kier molecular flexibility index (Phi) is 8.78. The summed E-state index contributed by atoms with van der Waals surface area (Å²) in [6.45, 7) is 1.05. The van der Waals surface area contributed by atoms with E-state index >= 15 is 0 Å². The average molecular weight is 445 g/mol. The first-order valence-electron chi connectivity index (χ1n) is 9.90. The van der Waals surface area contributed by atoms with Crippen molar-refractivity contribution in [3.05, 3.63) is 108 Å². The third kappa shape index (κ3) is 5.94. The molecule has 0 saturated carbocycles. The average Bonchev–Trinajstić information content (AvgIpc) is 2.77. The smallest absolute Gasteiger partial charge is 0.161 e. The summed E-state index contributed by atoms with van der Waals surface area (Å²) in [5.41, 5.74) is 2.72. The highest BCUT2D eigenvalue weighted by atomic mass is 35.5. The van der Waals surface area contributed by atoms with Crippen molar-refractivity contribution in [1.29, 1.82) is 0 Å². The van der Waals surface area contributed by atoms with Crippen LogP contribution in [0.25, 0.3) is 0 Å². The maximum Gasteiger partial charge on any atom is 0.161 e. The van der Waals surface area contributed by atoms with Gasteiger partial charge in [-0.05, 0) is 29.2 Å². The molecule has 0 aliphatic carbocycles. The fourth-order valence-electron chi connectivity index (χ4n) is 3.47. The topological polar surface area (TPSA) is 18.5 Å². The van der Waals surface area contributed by atoms with Crippen molar-refractivity contribution < 1.29 is 9.16 Å². The van der Waals surface area contributed by atoms with Crippen LogP contribution in [0.2, 0.25) is 6.04 Å². The molecule has 0 atom stereocenters. The van der Waals surface area contributed by atoms with Crippen LogP contribution in [0.1, 0.15) is 23.1 Å². The molecule has 3 aromatic carbocycles. The molecule has 0 N–H and O–H groups in total. The second-order valence-electron chi connectivity index (χ2n) is 6.80. The molecule has 29 heavy (non-hydrogen) atoms. The van der Waals surface area contributed by atoms with Crippen LogP contribution in [-0.4, -0.2) is 27.8 Å². The summed E-state index contributed by atoms with van der Waals surface area (Å²) in [5, 5.41) is 0. The number of rotatable bonds is 11. The van der Waals surface area contributed by atoms with E-state index in [0.29, 0.717) is 13.2 Å². The minimum absolute atomic E-state index is 0.415. The van der Waals surface area contributed by atoms with Crippen LogP contribution in [0.4, 0.5) is 0 Å². The minimum Gasteiger partial charge on any atom is -0.421 e. The van der Waals surface area contributed by atoms with Crippen molar-refractivity contribution in [2.45, 2.75) is 22.9 Å². The standard InChI is InChI=1S/C24H26Cl2O2Si/c25-23(26)19-28-29-18-10-17-27-24(20-11-4-1-5-12-20,21-13-6-2-7-14-21)22-15-8-3-9-16-22/h1-9,11-16,23H,10,17-19,29H2. The zero-order chi connectivity index (χ0) is 20.4. The molecule has 0 aliphatic heterocycles. The summed E-state index contributed by atoms with van der Waals surface area (Å²) >= 11 is 11.4. The Bertz CT molecular complexity index is 733. The number of halogens is 2. The molecular weight excluding hydrogens is 419 g/mol. The Hall–Kier alpha value is -1.62. The van der Waals surface area contributed by atoms with Gasteiger partial charge in [0.05, 0.1) is 6.61 Å². The van der Waals surface area contributed by atoms with Gasteiger partial charge in [-0.1, -0.05) is 91.0 Å². The van der Waals surface area contributed by atoms with E-state index in [2.05, 4.69) is 72.8 Å². The Morgan fingerprint density at radius 1 is 0.724 bits per heavy atom. The largest absolute Gasteiger partial charge is 0.421 e. The van der Waals surface area contributed by atoms with Gasteiger partial charge in [0.15, 0.2) is 9.76 Å². The van der Waals surface area contributed by atoms with E-state index in [1.165, 1.54) is 0 Å². The third-order valence-electron chi connectivity index (χ3n) is 4.79. The number of hydrogen-bond donors (Lipinski definition) is 0. The van der Waals surface area contributed by atoms with Crippen LogP contribution in [0.3, 0.4) is 0 Å². The number of ether oxygens (including phenoxy) is 1. The van der Waals surface area contributed by atoms with E-state index in [9.17, 15) is 0 Å². The SMILES string of the molecule is ClC(Cl)CO[SiH2]CCCOC(c1ccccc1)(c1ccccc1)c1ccccc1. The highest BCUT2D eigenvalue weighted by Crippen LogP contribution is 2.40. The molecule has 0 aliphatic rings. The first-order chi connectivity index (χ1) is 14.2. The van der Waals surface area contributed by atoms with Crippen molar-refractivity contribution in [2.75, 3.05) is 13.2 Å². The molecule has 3 aromatic rings. The summed E-state index contributed by atoms with van der Waals surface area (Å²) < 4.78 is 12.3. The molecule has 0 spiro atoms. The lowest BCUT2D eigenvalue weighted by Crippen LogP contribution is -2.33. The normalized spacial score (nSPS) is 12.1. The highest BCUT2D eigenvalue weighted by Gasteiger charge is 2.37. The summed E-state index contributed by atoms with van der Waals surface area (Å²) in [6, 6.07) is 32.3. The molecule has 2 nitrogen and oxygen atoms in total. The first-order valence-corrected chi connectivity index (χ1v) is 12.3. The second-order valence-corrected chi connectivity index (χ2v) is 9.60. The summed E-state index contributed by atoms with van der Waals surface area (Å²) in [5.74, 6) is 0. The fourth-order valence-corrected chi connectivity index (χ4v) is 4.96. The van der Waals surface area contributed by atoms with Crippen molar-refractivity contribution >= 4 is 33.0 Å². The molecular formula is C24H26Cl2O2Si. The number of hydrogen-bond acceptors (Lipinski definition) is 2. The predicted octanol–water partition coefficient (Wildman–Crippen LogP) is 5.71. The fraction of sp³-hybridized carbons (Fsp3) is 0.250. The van der Waals surface area contributed by atoms with Crippen molar-refractivity contribution in [3.63, 3.8) is 0 Å². The lowest BCUT2D eigenvalue weighted by Gasteiger charge is -2.36. The van der Waals surface area contributed by atoms with E-state index in [4.69, 9.17) is 32.4 Å². The van der Waals surface area contributed by atoms with Gasteiger partial charge in [0.25, 0.3) is 0 Å². The maximum absolute atomic E-state index is 6.73. The van der Waals surface area contributed by atoms with Gasteiger partial charge in [-0.2, -0.15) is 0 Å². The van der Waals surface area contributed by atoms with Gasteiger partial charge in [-0.15, -0.1) is 23.2 Å². The zero-order valence-corrected chi connectivity index (χ0v) is 19.3. The van der Waals surface area contributed by atoms with Crippen LogP contribution in [0.15, 0.2) is 91.0 Å². The highest BCUT2D eigenvalue weighted by molar-refractivity contribution is 6.44. The molecule has 152 valence electrons. The predicted molar refractivity (Wildman–Crippen MR) is 125 cm³/mol. The molecule has 0 aromatic heterocycles. The molecule has 0 bridgehead atoms. The molecule has 0 heterocycles. The molecule has 0 unspecified atom stereocenters. The number of alkyl halides is 2. The molecule has 3 rings (SSSR count). The molecule has 0 amide bonds. The zero-order valence-electron chi connectivity index (χ0n) is 16.3. The van der Waals surface area contributed by atoms with Crippen molar-refractivity contribution in [1.82, 2.24) is 0 Å². The van der Waals surface area contributed by atoms with Crippen LogP contribution in [-0.2, 0) is 14.8 Å². The van der Waals surface area contributed by atoms with E-state index in [1.807, 2.05) is 18.2 Å². The summed E-state index contributed by atoms with van der Waals surface area (Å²) in [6.07, 6.45) is 0.940. The van der Waals surface area contributed by atoms with Gasteiger partial charge in [0.2, 0.25) is 0 Å². The maximum atomic E-state index is 6.73. The van der Waals surface area contributed by atoms with Crippen LogP contribution in [0, 0.1) is 0 Å². The van der Waals surface area contributed by atoms with Gasteiger partial charge in [0, 0.05) is 6.61 Å². The monoisotopic (exact) mass is 444 g/mol. The molecule has 0 saturated heterocycles. The summed E-state index contributed by atoms with van der Waals surface area (Å²) in [4.78, 5) is -0.444. The molecule has 0 fully saturated rings. The van der Waals surface area contributed by atoms with Gasteiger partial charge < -0.3 is 9.16 Å². The lowest BCUT2D eigenvalue weighted by molar-refractivity contribution is 0.0131.